The molecule has 0 spiro atoms. The van der Waals surface area contributed by atoms with E-state index >= 15 is 0 Å². The number of hydrogen-bond acceptors (Lipinski definition) is 2. The second kappa shape index (κ2) is 11.7. The summed E-state index contributed by atoms with van der Waals surface area (Å²) >= 11 is 12.5. The third-order valence-corrected chi connectivity index (χ3v) is 8.05. The van der Waals surface area contributed by atoms with Crippen LogP contribution < -0.4 is 4.90 Å². The molecule has 2 aliphatic rings. The van der Waals surface area contributed by atoms with E-state index in [1.54, 1.807) is 17.0 Å². The summed E-state index contributed by atoms with van der Waals surface area (Å²) in [5.74, 6) is 0. The van der Waals surface area contributed by atoms with Crippen LogP contribution in [0, 0.1) is 0 Å². The van der Waals surface area contributed by atoms with Crippen molar-refractivity contribution < 1.29 is 9.59 Å². The predicted octanol–water partition coefficient (Wildman–Crippen LogP) is 7.43. The summed E-state index contributed by atoms with van der Waals surface area (Å²) in [5.41, 5.74) is 2.51. The lowest BCUT2D eigenvalue weighted by Crippen LogP contribution is -2.66. The van der Waals surface area contributed by atoms with Gasteiger partial charge in [-0.05, 0) is 68.1 Å². The Morgan fingerprint density at radius 2 is 1.42 bits per heavy atom. The quantitative estimate of drug-likeness (QED) is 0.331. The van der Waals surface area contributed by atoms with Gasteiger partial charge in [0.05, 0.1) is 23.5 Å². The molecule has 6 nitrogen and oxygen atoms in total. The fourth-order valence-corrected chi connectivity index (χ4v) is 6.04. The first-order valence-corrected chi connectivity index (χ1v) is 13.9. The maximum Gasteiger partial charge on any atom is 0.329 e. The minimum absolute atomic E-state index is 0.00305. The second-order valence-electron chi connectivity index (χ2n) is 9.87. The van der Waals surface area contributed by atoms with Crippen LogP contribution >= 0.6 is 23.2 Å². The van der Waals surface area contributed by atoms with Gasteiger partial charge in [0, 0.05) is 36.2 Å². The van der Waals surface area contributed by atoms with Crippen molar-refractivity contribution in [2.45, 2.75) is 44.8 Å². The molecule has 2 aliphatic heterocycles. The van der Waals surface area contributed by atoms with E-state index in [1.807, 2.05) is 88.4 Å². The topological polar surface area (TPSA) is 47.1 Å². The third kappa shape index (κ3) is 5.47. The van der Waals surface area contributed by atoms with Gasteiger partial charge in [0.2, 0.25) is 0 Å². The van der Waals surface area contributed by atoms with Gasteiger partial charge >= 0.3 is 12.1 Å². The second-order valence-corrected chi connectivity index (χ2v) is 10.7. The number of nitrogens with zero attached hydrogens (tertiary/aromatic N) is 4. The van der Waals surface area contributed by atoms with Crippen LogP contribution in [0.5, 0.6) is 0 Å². The van der Waals surface area contributed by atoms with Crippen molar-refractivity contribution in [1.29, 1.82) is 0 Å². The smallest absolute Gasteiger partial charge is 0.321 e. The van der Waals surface area contributed by atoms with E-state index in [9.17, 15) is 9.59 Å². The first kappa shape index (κ1) is 26.4. The maximum absolute atomic E-state index is 14.0. The third-order valence-electron chi connectivity index (χ3n) is 7.46. The molecule has 2 bridgehead atoms. The number of rotatable bonds is 5. The largest absolute Gasteiger partial charge is 0.329 e. The SMILES string of the molecule is CCN(Cc1ccc(Cl)cc1Cl)C(=O)N1[C@@H]2CCC[C@H]1CN(C(=O)N(c1ccccc1)c1ccccc1)C2. The molecule has 0 radical (unpaired) electrons. The van der Waals surface area contributed by atoms with Gasteiger partial charge in [0.15, 0.2) is 0 Å². The van der Waals surface area contributed by atoms with Crippen molar-refractivity contribution in [3.63, 3.8) is 0 Å². The molecule has 2 heterocycles. The summed E-state index contributed by atoms with van der Waals surface area (Å²) in [6.45, 7) is 3.98. The molecule has 8 heteroatoms. The Morgan fingerprint density at radius 1 is 0.842 bits per heavy atom. The Kier molecular flexibility index (Phi) is 8.10. The van der Waals surface area contributed by atoms with Crippen molar-refractivity contribution in [3.8, 4) is 0 Å². The van der Waals surface area contributed by atoms with Crippen LogP contribution in [0.25, 0.3) is 0 Å². The van der Waals surface area contributed by atoms with Gasteiger partial charge in [-0.15, -0.1) is 0 Å². The van der Waals surface area contributed by atoms with E-state index in [2.05, 4.69) is 0 Å². The molecule has 0 unspecified atom stereocenters. The van der Waals surface area contributed by atoms with Gasteiger partial charge in [0.25, 0.3) is 0 Å². The number of amides is 4. The van der Waals surface area contributed by atoms with Crippen molar-refractivity contribution in [3.05, 3.63) is 94.5 Å². The van der Waals surface area contributed by atoms with Crippen LogP contribution in [0.2, 0.25) is 10.0 Å². The Labute approximate surface area is 234 Å². The molecule has 5 rings (SSSR count). The van der Waals surface area contributed by atoms with Gasteiger partial charge in [-0.25, -0.2) is 9.59 Å². The molecular weight excluding hydrogens is 519 g/mol. The lowest BCUT2D eigenvalue weighted by molar-refractivity contribution is 0.0214. The lowest BCUT2D eigenvalue weighted by atomic mass is 9.91. The number of benzene rings is 3. The molecule has 2 atom stereocenters. The summed E-state index contributed by atoms with van der Waals surface area (Å²) < 4.78 is 0. The Balaban J connectivity index is 1.36. The minimum Gasteiger partial charge on any atom is -0.321 e. The number of urea groups is 2. The Hall–Kier alpha value is -3.22. The van der Waals surface area contributed by atoms with Gasteiger partial charge < -0.3 is 14.7 Å². The van der Waals surface area contributed by atoms with Crippen LogP contribution in [0.1, 0.15) is 31.7 Å². The highest BCUT2D eigenvalue weighted by Crippen LogP contribution is 2.33. The maximum atomic E-state index is 14.0. The number of hydrogen-bond donors (Lipinski definition) is 0. The predicted molar refractivity (Wildman–Crippen MR) is 153 cm³/mol. The van der Waals surface area contributed by atoms with Crippen LogP contribution in [0.3, 0.4) is 0 Å². The highest BCUT2D eigenvalue weighted by molar-refractivity contribution is 6.35. The fourth-order valence-electron chi connectivity index (χ4n) is 5.57. The summed E-state index contributed by atoms with van der Waals surface area (Å²) in [6.07, 6.45) is 2.81. The van der Waals surface area contributed by atoms with E-state index in [1.165, 1.54) is 0 Å². The lowest BCUT2D eigenvalue weighted by Gasteiger charge is -2.51. The van der Waals surface area contributed by atoms with Crippen molar-refractivity contribution in [2.75, 3.05) is 24.5 Å². The fraction of sp³-hybridized carbons (Fsp3) is 0.333. The van der Waals surface area contributed by atoms with Crippen LogP contribution in [-0.4, -0.2) is 58.5 Å². The molecule has 0 aromatic heterocycles. The molecular formula is C30H32Cl2N4O2. The monoisotopic (exact) mass is 550 g/mol. The van der Waals surface area contributed by atoms with Crippen LogP contribution in [-0.2, 0) is 6.54 Å². The first-order chi connectivity index (χ1) is 18.5. The van der Waals surface area contributed by atoms with Crippen LogP contribution in [0.4, 0.5) is 21.0 Å². The normalized spacial score (nSPS) is 18.7. The number of para-hydroxylation sites is 2. The molecule has 198 valence electrons. The van der Waals surface area contributed by atoms with Gasteiger partial charge in [-0.1, -0.05) is 65.7 Å². The Morgan fingerprint density at radius 3 is 1.95 bits per heavy atom. The molecule has 2 saturated heterocycles. The van der Waals surface area contributed by atoms with Gasteiger partial charge in [0.1, 0.15) is 0 Å². The molecule has 2 fully saturated rings. The molecule has 4 amide bonds. The molecule has 3 aromatic carbocycles. The standard InChI is InChI=1S/C30H32Cl2N4O2/c1-2-33(19-22-16-17-23(31)18-28(22)32)29(37)36-26-14-9-15-27(36)21-34(20-26)30(38)35(24-10-5-3-6-11-24)25-12-7-4-8-13-25/h3-8,10-13,16-18,26-27H,2,9,14-15,19-21H2,1H3/t26-,27+. The molecule has 0 saturated carbocycles. The average molecular weight is 552 g/mol. The zero-order chi connectivity index (χ0) is 26.6. The number of anilines is 2. The summed E-state index contributed by atoms with van der Waals surface area (Å²) in [6, 6.07) is 24.7. The summed E-state index contributed by atoms with van der Waals surface area (Å²) in [7, 11) is 0. The Bertz CT molecular complexity index is 1220. The van der Waals surface area contributed by atoms with E-state index in [4.69, 9.17) is 23.2 Å². The number of carbonyl (C=O) groups is 2. The zero-order valence-electron chi connectivity index (χ0n) is 21.5. The highest BCUT2D eigenvalue weighted by atomic mass is 35.5. The summed E-state index contributed by atoms with van der Waals surface area (Å²) in [5, 5.41) is 1.13. The zero-order valence-corrected chi connectivity index (χ0v) is 23.0. The molecule has 0 N–H and O–H groups in total. The highest BCUT2D eigenvalue weighted by Gasteiger charge is 2.43. The number of piperidine rings is 1. The first-order valence-electron chi connectivity index (χ1n) is 13.2. The van der Waals surface area contributed by atoms with Crippen molar-refractivity contribution >= 4 is 46.6 Å². The number of halogens is 2. The van der Waals surface area contributed by atoms with Crippen molar-refractivity contribution in [1.82, 2.24) is 14.7 Å². The van der Waals surface area contributed by atoms with Gasteiger partial charge in [-0.3, -0.25) is 4.90 Å². The van der Waals surface area contributed by atoms with Gasteiger partial charge in [-0.2, -0.15) is 0 Å². The van der Waals surface area contributed by atoms with E-state index in [0.29, 0.717) is 36.2 Å². The molecule has 0 aliphatic carbocycles. The number of likely N-dealkylation sites (tertiary alicyclic amines) is 1. The van der Waals surface area contributed by atoms with E-state index < -0.39 is 0 Å². The summed E-state index contributed by atoms with van der Waals surface area (Å²) in [4.78, 5) is 35.4. The van der Waals surface area contributed by atoms with E-state index in [0.717, 1.165) is 36.2 Å². The molecule has 3 aromatic rings. The van der Waals surface area contributed by atoms with E-state index in [-0.39, 0.29) is 24.1 Å². The van der Waals surface area contributed by atoms with Crippen molar-refractivity contribution in [2.24, 2.45) is 0 Å². The number of piperazine rings is 1. The average Bonchev–Trinajstić information content (AvgIpc) is 2.93. The number of fused-ring (bicyclic) bond motifs is 2. The van der Waals surface area contributed by atoms with Crippen LogP contribution in [0.15, 0.2) is 78.9 Å². The molecule has 38 heavy (non-hydrogen) atoms. The minimum atomic E-state index is -0.0632. The number of carbonyl (C=O) groups excluding carboxylic acids is 2.